The summed E-state index contributed by atoms with van der Waals surface area (Å²) in [6, 6.07) is 5.61. The predicted octanol–water partition coefficient (Wildman–Crippen LogP) is 2.20. The van der Waals surface area contributed by atoms with E-state index in [4.69, 9.17) is 14.2 Å². The van der Waals surface area contributed by atoms with Crippen molar-refractivity contribution in [2.75, 3.05) is 20.3 Å². The number of ether oxygens (including phenoxy) is 3. The summed E-state index contributed by atoms with van der Waals surface area (Å²) >= 11 is 0. The Morgan fingerprint density at radius 3 is 3.10 bits per heavy atom. The third-order valence-corrected chi connectivity index (χ3v) is 3.40. The van der Waals surface area contributed by atoms with Gasteiger partial charge in [0.25, 0.3) is 0 Å². The van der Waals surface area contributed by atoms with Gasteiger partial charge in [-0.3, -0.25) is 5.10 Å². The van der Waals surface area contributed by atoms with Gasteiger partial charge in [0.1, 0.15) is 11.4 Å². The van der Waals surface area contributed by atoms with Gasteiger partial charge in [0.05, 0.1) is 20.3 Å². The molecule has 0 spiro atoms. The molecular formula is C15H16N2O4. The second-order valence-corrected chi connectivity index (χ2v) is 4.58. The Morgan fingerprint density at radius 1 is 1.48 bits per heavy atom. The van der Waals surface area contributed by atoms with Crippen LogP contribution in [-0.4, -0.2) is 36.5 Å². The van der Waals surface area contributed by atoms with Gasteiger partial charge in [-0.2, -0.15) is 5.10 Å². The smallest absolute Gasteiger partial charge is 0.356 e. The number of carbonyl (C=O) groups excluding carboxylic acids is 1. The summed E-state index contributed by atoms with van der Waals surface area (Å²) in [6.07, 6.45) is 0.581. The Bertz CT molecular complexity index is 678. The van der Waals surface area contributed by atoms with Gasteiger partial charge in [0.15, 0.2) is 11.5 Å². The highest BCUT2D eigenvalue weighted by Gasteiger charge is 2.26. The average molecular weight is 288 g/mol. The highest BCUT2D eigenvalue weighted by atomic mass is 16.5. The Kier molecular flexibility index (Phi) is 3.51. The molecule has 0 aliphatic carbocycles. The second kappa shape index (κ2) is 5.47. The molecule has 6 nitrogen and oxygen atoms in total. The molecule has 0 amide bonds. The van der Waals surface area contributed by atoms with E-state index in [0.717, 1.165) is 11.1 Å². The van der Waals surface area contributed by atoms with E-state index >= 15 is 0 Å². The molecule has 1 N–H and O–H groups in total. The molecule has 0 fully saturated rings. The number of nitrogens with zero attached hydrogens (tertiary/aromatic N) is 1. The molecule has 0 saturated carbocycles. The number of carbonyl (C=O) groups is 1. The van der Waals surface area contributed by atoms with Crippen molar-refractivity contribution >= 4 is 5.97 Å². The summed E-state index contributed by atoms with van der Waals surface area (Å²) < 4.78 is 16.1. The number of methoxy groups -OCH3 is 1. The van der Waals surface area contributed by atoms with Crippen LogP contribution < -0.4 is 9.47 Å². The fourth-order valence-corrected chi connectivity index (χ4v) is 2.47. The minimum atomic E-state index is -0.391. The lowest BCUT2D eigenvalue weighted by Crippen LogP contribution is -2.09. The van der Waals surface area contributed by atoms with Crippen molar-refractivity contribution in [3.8, 4) is 22.8 Å². The summed E-state index contributed by atoms with van der Waals surface area (Å²) in [4.78, 5) is 12.0. The van der Waals surface area contributed by atoms with E-state index in [-0.39, 0.29) is 0 Å². The maximum atomic E-state index is 12.0. The first-order valence-corrected chi connectivity index (χ1v) is 6.80. The number of H-pyrrole nitrogens is 1. The quantitative estimate of drug-likeness (QED) is 0.876. The molecule has 1 aliphatic rings. The number of hydrogen-bond acceptors (Lipinski definition) is 5. The molecule has 0 atom stereocenters. The molecule has 0 saturated heterocycles. The zero-order chi connectivity index (χ0) is 14.8. The third kappa shape index (κ3) is 2.22. The lowest BCUT2D eigenvalue weighted by molar-refractivity contribution is 0.0518. The first kappa shape index (κ1) is 13.5. The minimum absolute atomic E-state index is 0.327. The molecule has 1 aromatic heterocycles. The maximum absolute atomic E-state index is 12.0. The van der Waals surface area contributed by atoms with Crippen LogP contribution in [0.1, 0.15) is 23.0 Å². The largest absolute Gasteiger partial charge is 0.493 e. The van der Waals surface area contributed by atoms with Crippen LogP contribution >= 0.6 is 0 Å². The van der Waals surface area contributed by atoms with Gasteiger partial charge in [0.2, 0.25) is 0 Å². The van der Waals surface area contributed by atoms with Crippen molar-refractivity contribution in [1.82, 2.24) is 10.2 Å². The van der Waals surface area contributed by atoms with Crippen LogP contribution in [0.25, 0.3) is 11.3 Å². The number of aromatic amines is 1. The van der Waals surface area contributed by atoms with Crippen LogP contribution in [0, 0.1) is 0 Å². The lowest BCUT2D eigenvalue weighted by Gasteiger charge is -2.10. The molecule has 1 aliphatic heterocycles. The highest BCUT2D eigenvalue weighted by Crippen LogP contribution is 2.41. The average Bonchev–Trinajstić information content (AvgIpc) is 2.83. The Morgan fingerprint density at radius 2 is 2.33 bits per heavy atom. The van der Waals surface area contributed by atoms with Crippen molar-refractivity contribution in [3.05, 3.63) is 29.5 Å². The van der Waals surface area contributed by atoms with Gasteiger partial charge in [-0.25, -0.2) is 4.79 Å². The molecule has 2 aromatic rings. The number of para-hydroxylation sites is 1. The Hall–Kier alpha value is -2.50. The first-order chi connectivity index (χ1) is 10.3. The lowest BCUT2D eigenvalue weighted by atomic mass is 10.0. The van der Waals surface area contributed by atoms with Crippen LogP contribution in [0.15, 0.2) is 18.2 Å². The number of fused-ring (bicyclic) bond motifs is 3. The van der Waals surface area contributed by atoms with Crippen LogP contribution in [0.4, 0.5) is 0 Å². The zero-order valence-corrected chi connectivity index (χ0v) is 11.9. The van der Waals surface area contributed by atoms with Gasteiger partial charge in [-0.05, 0) is 19.1 Å². The number of aromatic nitrogens is 2. The topological polar surface area (TPSA) is 73.4 Å². The molecule has 0 bridgehead atoms. The fraction of sp³-hybridized carbons (Fsp3) is 0.333. The minimum Gasteiger partial charge on any atom is -0.493 e. The van der Waals surface area contributed by atoms with Crippen molar-refractivity contribution in [1.29, 1.82) is 0 Å². The summed E-state index contributed by atoms with van der Waals surface area (Å²) in [5.41, 5.74) is 2.74. The van der Waals surface area contributed by atoms with Crippen molar-refractivity contribution in [2.24, 2.45) is 0 Å². The van der Waals surface area contributed by atoms with Gasteiger partial charge >= 0.3 is 5.97 Å². The number of esters is 1. The molecule has 0 radical (unpaired) electrons. The van der Waals surface area contributed by atoms with Gasteiger partial charge in [-0.15, -0.1) is 0 Å². The van der Waals surface area contributed by atoms with Crippen LogP contribution in [0.3, 0.4) is 0 Å². The first-order valence-electron chi connectivity index (χ1n) is 6.80. The number of hydrogen-bond donors (Lipinski definition) is 1. The molecule has 2 heterocycles. The molecule has 1 aromatic carbocycles. The SMILES string of the molecule is CCOC(=O)c1[nH]nc2c1CCOc1c(OC)cccc1-2. The Balaban J connectivity index is 2.12. The third-order valence-electron chi connectivity index (χ3n) is 3.40. The van der Waals surface area contributed by atoms with Gasteiger partial charge < -0.3 is 14.2 Å². The van der Waals surface area contributed by atoms with Crippen LogP contribution in [0.2, 0.25) is 0 Å². The van der Waals surface area contributed by atoms with E-state index in [0.29, 0.717) is 42.5 Å². The number of rotatable bonds is 3. The predicted molar refractivity (Wildman–Crippen MR) is 75.7 cm³/mol. The van der Waals surface area contributed by atoms with E-state index in [1.165, 1.54) is 0 Å². The zero-order valence-electron chi connectivity index (χ0n) is 11.9. The standard InChI is InChI=1S/C15H16N2O4/c1-3-20-15(18)13-9-7-8-21-14-10(12(9)16-17-13)5-4-6-11(14)19-2/h4-6H,3,7-8H2,1-2H3,(H,16,17). The normalized spacial score (nSPS) is 12.7. The van der Waals surface area contributed by atoms with E-state index in [2.05, 4.69) is 10.2 Å². The van der Waals surface area contributed by atoms with Crippen LogP contribution in [-0.2, 0) is 11.2 Å². The van der Waals surface area contributed by atoms with Gasteiger partial charge in [-0.1, -0.05) is 6.07 Å². The summed E-state index contributed by atoms with van der Waals surface area (Å²) in [5.74, 6) is 0.916. The number of nitrogens with one attached hydrogen (secondary N) is 1. The van der Waals surface area contributed by atoms with Crippen molar-refractivity contribution in [3.63, 3.8) is 0 Å². The van der Waals surface area contributed by atoms with Gasteiger partial charge in [0, 0.05) is 17.5 Å². The highest BCUT2D eigenvalue weighted by molar-refractivity contribution is 5.92. The molecule has 3 rings (SSSR count). The maximum Gasteiger partial charge on any atom is 0.356 e. The molecular weight excluding hydrogens is 272 g/mol. The molecule has 0 unspecified atom stereocenters. The second-order valence-electron chi connectivity index (χ2n) is 4.58. The van der Waals surface area contributed by atoms with Crippen molar-refractivity contribution in [2.45, 2.75) is 13.3 Å². The van der Waals surface area contributed by atoms with E-state index in [1.807, 2.05) is 18.2 Å². The number of benzene rings is 1. The molecule has 110 valence electrons. The molecule has 6 heteroatoms. The fourth-order valence-electron chi connectivity index (χ4n) is 2.47. The van der Waals surface area contributed by atoms with E-state index < -0.39 is 5.97 Å². The summed E-state index contributed by atoms with van der Waals surface area (Å²) in [5, 5.41) is 7.06. The van der Waals surface area contributed by atoms with E-state index in [1.54, 1.807) is 14.0 Å². The Labute approximate surface area is 122 Å². The summed E-state index contributed by atoms with van der Waals surface area (Å²) in [6.45, 7) is 2.55. The molecule has 21 heavy (non-hydrogen) atoms. The summed E-state index contributed by atoms with van der Waals surface area (Å²) in [7, 11) is 1.60. The van der Waals surface area contributed by atoms with Crippen molar-refractivity contribution < 1.29 is 19.0 Å². The monoisotopic (exact) mass is 288 g/mol. The van der Waals surface area contributed by atoms with E-state index in [9.17, 15) is 4.79 Å². The van der Waals surface area contributed by atoms with Crippen LogP contribution in [0.5, 0.6) is 11.5 Å².